The minimum atomic E-state index is 0.0100. The van der Waals surface area contributed by atoms with Crippen molar-refractivity contribution in [1.29, 1.82) is 0 Å². The first-order valence-electron chi connectivity index (χ1n) is 9.71. The van der Waals surface area contributed by atoms with E-state index in [0.717, 1.165) is 29.5 Å². The quantitative estimate of drug-likeness (QED) is 0.863. The molecule has 0 spiro atoms. The summed E-state index contributed by atoms with van der Waals surface area (Å²) in [7, 11) is 0. The maximum atomic E-state index is 12.9. The zero-order chi connectivity index (χ0) is 18.6. The van der Waals surface area contributed by atoms with E-state index in [2.05, 4.69) is 21.3 Å². The van der Waals surface area contributed by atoms with Crippen LogP contribution in [-0.2, 0) is 0 Å². The van der Waals surface area contributed by atoms with Crippen LogP contribution in [0.4, 0.5) is 11.4 Å². The Bertz CT molecular complexity index is 798. The van der Waals surface area contributed by atoms with Crippen LogP contribution in [0, 0.1) is 0 Å². The number of aromatic nitrogens is 1. The molecule has 2 fully saturated rings. The van der Waals surface area contributed by atoms with Gasteiger partial charge in [-0.05, 0) is 43.2 Å². The second kappa shape index (κ2) is 8.17. The molecule has 1 saturated heterocycles. The second-order valence-corrected chi connectivity index (χ2v) is 7.75. The Labute approximate surface area is 165 Å². The highest BCUT2D eigenvalue weighted by Gasteiger charge is 2.24. The maximum absolute atomic E-state index is 12.9. The number of hydrogen-bond donors (Lipinski definition) is 1. The van der Waals surface area contributed by atoms with Crippen LogP contribution in [-0.4, -0.2) is 48.0 Å². The Kier molecular flexibility index (Phi) is 5.48. The average molecular weight is 385 g/mol. The van der Waals surface area contributed by atoms with Gasteiger partial charge in [0, 0.05) is 54.8 Å². The van der Waals surface area contributed by atoms with Gasteiger partial charge in [-0.1, -0.05) is 30.5 Å². The molecule has 1 aromatic heterocycles. The number of anilines is 2. The van der Waals surface area contributed by atoms with Crippen molar-refractivity contribution in [3.63, 3.8) is 0 Å². The molecule has 142 valence electrons. The van der Waals surface area contributed by atoms with Gasteiger partial charge in [0.25, 0.3) is 5.91 Å². The zero-order valence-electron chi connectivity index (χ0n) is 15.4. The van der Waals surface area contributed by atoms with Crippen LogP contribution in [0.3, 0.4) is 0 Å². The molecule has 1 saturated carbocycles. The van der Waals surface area contributed by atoms with Gasteiger partial charge in [0.05, 0.1) is 0 Å². The van der Waals surface area contributed by atoms with Crippen LogP contribution in [0.2, 0.25) is 5.02 Å². The summed E-state index contributed by atoms with van der Waals surface area (Å²) in [6.45, 7) is 2.97. The summed E-state index contributed by atoms with van der Waals surface area (Å²) in [6.07, 6.45) is 6.71. The third kappa shape index (κ3) is 4.35. The monoisotopic (exact) mass is 384 g/mol. The number of nitrogens with zero attached hydrogens (tertiary/aromatic N) is 3. The van der Waals surface area contributed by atoms with Gasteiger partial charge >= 0.3 is 0 Å². The summed E-state index contributed by atoms with van der Waals surface area (Å²) in [5, 5.41) is 4.28. The Hall–Kier alpha value is -2.27. The minimum Gasteiger partial charge on any atom is -0.382 e. The van der Waals surface area contributed by atoms with Crippen molar-refractivity contribution in [2.24, 2.45) is 0 Å². The van der Waals surface area contributed by atoms with Crippen molar-refractivity contribution in [2.45, 2.75) is 31.7 Å². The number of nitrogens with one attached hydrogen (secondary N) is 1. The summed E-state index contributed by atoms with van der Waals surface area (Å²) in [5.74, 6) is 0.0100. The SMILES string of the molecule is O=C(c1cc(NC2CCCC2)ccn1)N1CCN(c2cccc(Cl)c2)CC1. The highest BCUT2D eigenvalue weighted by Crippen LogP contribution is 2.23. The number of carbonyl (C=O) groups is 1. The standard InChI is InChI=1S/C21H25ClN4O/c22-16-4-3-7-19(14-16)25-10-12-26(13-11-25)21(27)20-15-18(8-9-23-20)24-17-5-1-2-6-17/h3-4,7-9,14-15,17H,1-2,5-6,10-13H2,(H,23,24). The first-order valence-corrected chi connectivity index (χ1v) is 10.1. The lowest BCUT2D eigenvalue weighted by Gasteiger charge is -2.36. The van der Waals surface area contributed by atoms with Crippen molar-refractivity contribution in [3.05, 3.63) is 53.3 Å². The molecule has 27 heavy (non-hydrogen) atoms. The van der Waals surface area contributed by atoms with Crippen molar-refractivity contribution < 1.29 is 4.79 Å². The van der Waals surface area contributed by atoms with E-state index in [-0.39, 0.29) is 5.91 Å². The first-order chi connectivity index (χ1) is 13.2. The normalized spacial score (nSPS) is 18.0. The molecular formula is C21H25ClN4O. The van der Waals surface area contributed by atoms with Crippen LogP contribution >= 0.6 is 11.6 Å². The van der Waals surface area contributed by atoms with E-state index in [0.29, 0.717) is 24.8 Å². The van der Waals surface area contributed by atoms with Gasteiger partial charge in [-0.15, -0.1) is 0 Å². The molecule has 1 aromatic carbocycles. The number of carbonyl (C=O) groups excluding carboxylic acids is 1. The van der Waals surface area contributed by atoms with Gasteiger partial charge in [0.15, 0.2) is 0 Å². The fourth-order valence-electron chi connectivity index (χ4n) is 3.95. The van der Waals surface area contributed by atoms with E-state index in [1.165, 1.54) is 25.7 Å². The lowest BCUT2D eigenvalue weighted by Crippen LogP contribution is -2.49. The Morgan fingerprint density at radius 3 is 2.59 bits per heavy atom. The van der Waals surface area contributed by atoms with Gasteiger partial charge in [-0.3, -0.25) is 9.78 Å². The Balaban J connectivity index is 1.37. The van der Waals surface area contributed by atoms with E-state index in [9.17, 15) is 4.79 Å². The largest absolute Gasteiger partial charge is 0.382 e. The number of piperazine rings is 1. The molecule has 2 aromatic rings. The summed E-state index contributed by atoms with van der Waals surface area (Å²) < 4.78 is 0. The molecule has 4 rings (SSSR count). The molecule has 1 aliphatic heterocycles. The van der Waals surface area contributed by atoms with E-state index in [4.69, 9.17) is 11.6 Å². The lowest BCUT2D eigenvalue weighted by molar-refractivity contribution is 0.0741. The topological polar surface area (TPSA) is 48.5 Å². The molecule has 0 radical (unpaired) electrons. The summed E-state index contributed by atoms with van der Waals surface area (Å²) in [4.78, 5) is 21.4. The molecule has 1 aliphatic carbocycles. The van der Waals surface area contributed by atoms with E-state index < -0.39 is 0 Å². The van der Waals surface area contributed by atoms with Crippen molar-refractivity contribution in [1.82, 2.24) is 9.88 Å². The maximum Gasteiger partial charge on any atom is 0.272 e. The molecule has 2 aliphatic rings. The molecule has 0 atom stereocenters. The molecule has 6 heteroatoms. The van der Waals surface area contributed by atoms with Gasteiger partial charge in [-0.25, -0.2) is 0 Å². The van der Waals surface area contributed by atoms with Gasteiger partial charge in [0.1, 0.15) is 5.69 Å². The lowest BCUT2D eigenvalue weighted by atomic mass is 10.2. The van der Waals surface area contributed by atoms with Crippen LogP contribution in [0.5, 0.6) is 0 Å². The fraction of sp³-hybridized carbons (Fsp3) is 0.429. The average Bonchev–Trinajstić information content (AvgIpc) is 3.21. The number of halogens is 1. The molecular weight excluding hydrogens is 360 g/mol. The van der Waals surface area contributed by atoms with E-state index in [1.807, 2.05) is 35.2 Å². The predicted molar refractivity (Wildman–Crippen MR) is 110 cm³/mol. The highest BCUT2D eigenvalue weighted by molar-refractivity contribution is 6.30. The van der Waals surface area contributed by atoms with Crippen molar-refractivity contribution >= 4 is 28.9 Å². The Morgan fingerprint density at radius 1 is 1.07 bits per heavy atom. The summed E-state index contributed by atoms with van der Waals surface area (Å²) >= 11 is 6.09. The molecule has 2 heterocycles. The van der Waals surface area contributed by atoms with Crippen molar-refractivity contribution in [2.75, 3.05) is 36.4 Å². The fourth-order valence-corrected chi connectivity index (χ4v) is 4.13. The number of benzene rings is 1. The molecule has 1 N–H and O–H groups in total. The molecule has 0 bridgehead atoms. The smallest absolute Gasteiger partial charge is 0.272 e. The first kappa shape index (κ1) is 18.1. The van der Waals surface area contributed by atoms with Crippen LogP contribution < -0.4 is 10.2 Å². The molecule has 0 unspecified atom stereocenters. The molecule has 5 nitrogen and oxygen atoms in total. The zero-order valence-corrected chi connectivity index (χ0v) is 16.2. The highest BCUT2D eigenvalue weighted by atomic mass is 35.5. The van der Waals surface area contributed by atoms with E-state index in [1.54, 1.807) is 6.20 Å². The van der Waals surface area contributed by atoms with Crippen molar-refractivity contribution in [3.8, 4) is 0 Å². The number of pyridine rings is 1. The third-order valence-corrected chi connectivity index (χ3v) is 5.68. The number of rotatable bonds is 4. The van der Waals surface area contributed by atoms with Gasteiger partial charge in [0.2, 0.25) is 0 Å². The number of amides is 1. The summed E-state index contributed by atoms with van der Waals surface area (Å²) in [5.41, 5.74) is 2.63. The third-order valence-electron chi connectivity index (χ3n) is 5.45. The predicted octanol–water partition coefficient (Wildman–Crippen LogP) is 4.05. The van der Waals surface area contributed by atoms with Gasteiger partial charge < -0.3 is 15.1 Å². The molecule has 1 amide bonds. The van der Waals surface area contributed by atoms with Crippen LogP contribution in [0.1, 0.15) is 36.2 Å². The minimum absolute atomic E-state index is 0.0100. The number of hydrogen-bond acceptors (Lipinski definition) is 4. The second-order valence-electron chi connectivity index (χ2n) is 7.31. The Morgan fingerprint density at radius 2 is 1.85 bits per heavy atom. The van der Waals surface area contributed by atoms with Gasteiger partial charge in [-0.2, -0.15) is 0 Å². The van der Waals surface area contributed by atoms with E-state index >= 15 is 0 Å². The summed E-state index contributed by atoms with van der Waals surface area (Å²) in [6, 6.07) is 12.2. The van der Waals surface area contributed by atoms with Crippen LogP contribution in [0.25, 0.3) is 0 Å². The van der Waals surface area contributed by atoms with Crippen LogP contribution in [0.15, 0.2) is 42.6 Å².